The van der Waals surface area contributed by atoms with Gasteiger partial charge in [0.1, 0.15) is 17.1 Å². The Bertz CT molecular complexity index is 872. The minimum Gasteiger partial charge on any atom is -0.435 e. The highest BCUT2D eigenvalue weighted by Crippen LogP contribution is 2.28. The molecule has 0 aliphatic carbocycles. The van der Waals surface area contributed by atoms with Crippen LogP contribution in [0.1, 0.15) is 5.56 Å². The van der Waals surface area contributed by atoms with E-state index in [9.17, 15) is 13.6 Å². The molecule has 0 radical (unpaired) electrons. The number of amides is 1. The molecule has 0 aliphatic rings. The summed E-state index contributed by atoms with van der Waals surface area (Å²) in [6.07, 6.45) is 2.10. The number of carbonyl (C=O) groups is 1. The molecule has 1 amide bonds. The van der Waals surface area contributed by atoms with Crippen LogP contribution in [0.5, 0.6) is 5.75 Å². The highest BCUT2D eigenvalue weighted by Gasteiger charge is 2.09. The fraction of sp³-hybridized carbons (Fsp3) is 0.235. The van der Waals surface area contributed by atoms with Crippen LogP contribution in [0.4, 0.5) is 8.78 Å². The van der Waals surface area contributed by atoms with Crippen LogP contribution in [0.25, 0.3) is 10.2 Å². The van der Waals surface area contributed by atoms with E-state index in [0.717, 1.165) is 20.8 Å². The van der Waals surface area contributed by atoms with Crippen molar-refractivity contribution in [2.45, 2.75) is 18.1 Å². The van der Waals surface area contributed by atoms with Crippen molar-refractivity contribution in [3.8, 4) is 5.75 Å². The van der Waals surface area contributed by atoms with Gasteiger partial charge in [-0.25, -0.2) is 9.97 Å². The molecule has 5 nitrogen and oxygen atoms in total. The van der Waals surface area contributed by atoms with Gasteiger partial charge >= 0.3 is 6.61 Å². The van der Waals surface area contributed by atoms with Gasteiger partial charge in [-0.3, -0.25) is 4.79 Å². The first-order chi connectivity index (χ1) is 12.6. The van der Waals surface area contributed by atoms with Crippen LogP contribution >= 0.6 is 23.1 Å². The van der Waals surface area contributed by atoms with E-state index >= 15 is 0 Å². The first-order valence-corrected chi connectivity index (χ1v) is 9.60. The molecule has 2 aromatic heterocycles. The minimum absolute atomic E-state index is 0.0871. The van der Waals surface area contributed by atoms with Gasteiger partial charge in [-0.2, -0.15) is 8.78 Å². The van der Waals surface area contributed by atoms with Crippen LogP contribution < -0.4 is 10.1 Å². The number of fused-ring (bicyclic) bond motifs is 1. The minimum atomic E-state index is -2.83. The molecule has 0 fully saturated rings. The Morgan fingerprint density at radius 1 is 1.23 bits per heavy atom. The molecule has 3 aromatic rings. The Kier molecular flexibility index (Phi) is 6.35. The highest BCUT2D eigenvalue weighted by molar-refractivity contribution is 8.00. The van der Waals surface area contributed by atoms with Crippen LogP contribution in [0.3, 0.4) is 0 Å². The number of halogens is 2. The van der Waals surface area contributed by atoms with E-state index < -0.39 is 6.61 Å². The fourth-order valence-electron chi connectivity index (χ4n) is 2.24. The standard InChI is InChI=1S/C17H15F2N3O2S2/c18-17(19)24-12-3-1-11(2-4-12)5-7-20-14(23)9-26-16-15-13(6-8-25-15)21-10-22-16/h1-4,6,8,10,17H,5,7,9H2,(H,20,23). The zero-order valence-electron chi connectivity index (χ0n) is 13.5. The maximum atomic E-state index is 12.1. The highest BCUT2D eigenvalue weighted by atomic mass is 32.2. The Balaban J connectivity index is 1.42. The van der Waals surface area contributed by atoms with Gasteiger partial charge in [-0.05, 0) is 35.6 Å². The molecule has 0 unspecified atom stereocenters. The summed E-state index contributed by atoms with van der Waals surface area (Å²) in [4.78, 5) is 20.4. The zero-order valence-corrected chi connectivity index (χ0v) is 15.2. The van der Waals surface area contributed by atoms with Gasteiger partial charge < -0.3 is 10.1 Å². The van der Waals surface area contributed by atoms with Gasteiger partial charge in [0.2, 0.25) is 5.91 Å². The molecule has 0 atom stereocenters. The number of ether oxygens (including phenoxy) is 1. The van der Waals surface area contributed by atoms with Crippen molar-refractivity contribution < 1.29 is 18.3 Å². The maximum absolute atomic E-state index is 12.1. The molecule has 0 saturated carbocycles. The van der Waals surface area contributed by atoms with E-state index in [-0.39, 0.29) is 17.4 Å². The number of alkyl halides is 2. The van der Waals surface area contributed by atoms with E-state index in [1.807, 2.05) is 11.4 Å². The number of hydrogen-bond donors (Lipinski definition) is 1. The van der Waals surface area contributed by atoms with Gasteiger partial charge in [-0.1, -0.05) is 23.9 Å². The normalized spacial score (nSPS) is 11.0. The molecule has 0 saturated heterocycles. The Hall–Kier alpha value is -2.26. The van der Waals surface area contributed by atoms with Gasteiger partial charge in [0.25, 0.3) is 0 Å². The van der Waals surface area contributed by atoms with Crippen LogP contribution in [-0.2, 0) is 11.2 Å². The molecule has 3 rings (SSSR count). The van der Waals surface area contributed by atoms with Crippen molar-refractivity contribution in [2.75, 3.05) is 12.3 Å². The summed E-state index contributed by atoms with van der Waals surface area (Å²) in [7, 11) is 0. The monoisotopic (exact) mass is 395 g/mol. The number of nitrogens with zero attached hydrogens (tertiary/aromatic N) is 2. The number of thiophene rings is 1. The SMILES string of the molecule is O=C(CSc1ncnc2ccsc12)NCCc1ccc(OC(F)F)cc1. The first kappa shape index (κ1) is 18.5. The average molecular weight is 395 g/mol. The molecule has 26 heavy (non-hydrogen) atoms. The van der Waals surface area contributed by atoms with Crippen molar-refractivity contribution in [2.24, 2.45) is 0 Å². The number of rotatable bonds is 8. The van der Waals surface area contributed by atoms with Crippen molar-refractivity contribution in [1.29, 1.82) is 0 Å². The van der Waals surface area contributed by atoms with Crippen molar-refractivity contribution in [1.82, 2.24) is 15.3 Å². The molecular formula is C17H15F2N3O2S2. The smallest absolute Gasteiger partial charge is 0.387 e. The Morgan fingerprint density at radius 3 is 2.81 bits per heavy atom. The summed E-state index contributed by atoms with van der Waals surface area (Å²) in [6.45, 7) is -2.37. The summed E-state index contributed by atoms with van der Waals surface area (Å²) >= 11 is 2.93. The van der Waals surface area contributed by atoms with Crippen LogP contribution in [0.2, 0.25) is 0 Å². The number of benzene rings is 1. The predicted octanol–water partition coefficient (Wildman–Crippen LogP) is 3.74. The molecule has 1 aromatic carbocycles. The molecule has 2 heterocycles. The predicted molar refractivity (Wildman–Crippen MR) is 97.9 cm³/mol. The number of nitrogens with one attached hydrogen (secondary N) is 1. The topological polar surface area (TPSA) is 64.1 Å². The third-order valence-electron chi connectivity index (χ3n) is 3.43. The summed E-state index contributed by atoms with van der Waals surface area (Å²) in [5.41, 5.74) is 1.81. The lowest BCUT2D eigenvalue weighted by molar-refractivity contribution is -0.118. The van der Waals surface area contributed by atoms with Gasteiger partial charge in [0.05, 0.1) is 16.0 Å². The lowest BCUT2D eigenvalue weighted by Gasteiger charge is -2.07. The Labute approximate surface area is 156 Å². The number of thioether (sulfide) groups is 1. The molecular weight excluding hydrogens is 380 g/mol. The second-order valence-electron chi connectivity index (χ2n) is 5.22. The zero-order chi connectivity index (χ0) is 18.4. The molecule has 0 spiro atoms. The first-order valence-electron chi connectivity index (χ1n) is 7.73. The number of hydrogen-bond acceptors (Lipinski definition) is 6. The third-order valence-corrected chi connectivity index (χ3v) is 5.46. The molecule has 0 bridgehead atoms. The largest absolute Gasteiger partial charge is 0.435 e. The van der Waals surface area contributed by atoms with Crippen LogP contribution in [-0.4, -0.2) is 34.8 Å². The quantitative estimate of drug-likeness (QED) is 0.465. The van der Waals surface area contributed by atoms with Crippen molar-refractivity contribution >= 4 is 39.2 Å². The molecule has 0 aliphatic heterocycles. The Morgan fingerprint density at radius 2 is 2.04 bits per heavy atom. The third kappa shape index (κ3) is 5.12. The van der Waals surface area contributed by atoms with E-state index in [0.29, 0.717) is 13.0 Å². The van der Waals surface area contributed by atoms with Crippen LogP contribution in [0, 0.1) is 0 Å². The summed E-state index contributed by atoms with van der Waals surface area (Å²) < 4.78 is 29.5. The van der Waals surface area contributed by atoms with Gasteiger partial charge in [0, 0.05) is 6.54 Å². The summed E-state index contributed by atoms with van der Waals surface area (Å²) in [5.74, 6) is 0.301. The fourth-order valence-corrected chi connectivity index (χ4v) is 4.01. The van der Waals surface area contributed by atoms with Crippen LogP contribution in [0.15, 0.2) is 47.1 Å². The maximum Gasteiger partial charge on any atom is 0.387 e. The second kappa shape index (κ2) is 8.91. The lowest BCUT2D eigenvalue weighted by Crippen LogP contribution is -2.27. The molecule has 1 N–H and O–H groups in total. The lowest BCUT2D eigenvalue weighted by atomic mass is 10.1. The second-order valence-corrected chi connectivity index (χ2v) is 7.11. The number of aromatic nitrogens is 2. The molecule has 9 heteroatoms. The van der Waals surface area contributed by atoms with Crippen molar-refractivity contribution in [3.63, 3.8) is 0 Å². The number of carbonyl (C=O) groups excluding carboxylic acids is 1. The van der Waals surface area contributed by atoms with E-state index in [1.54, 1.807) is 23.5 Å². The summed E-state index contributed by atoms with van der Waals surface area (Å²) in [5, 5.41) is 5.59. The van der Waals surface area contributed by atoms with Gasteiger partial charge in [-0.15, -0.1) is 11.3 Å². The van der Waals surface area contributed by atoms with E-state index in [4.69, 9.17) is 0 Å². The van der Waals surface area contributed by atoms with E-state index in [1.165, 1.54) is 30.2 Å². The van der Waals surface area contributed by atoms with Crippen molar-refractivity contribution in [3.05, 3.63) is 47.6 Å². The molecule has 136 valence electrons. The van der Waals surface area contributed by atoms with E-state index in [2.05, 4.69) is 20.0 Å². The summed E-state index contributed by atoms with van der Waals surface area (Å²) in [6, 6.07) is 8.30. The average Bonchev–Trinajstić information content (AvgIpc) is 3.10. The van der Waals surface area contributed by atoms with Gasteiger partial charge in [0.15, 0.2) is 0 Å².